The van der Waals surface area contributed by atoms with Gasteiger partial charge in [-0.25, -0.2) is 9.80 Å². The number of nitrogens with one attached hydrogen (secondary N) is 1. The number of nitrogens with zero attached hydrogens (tertiary/aromatic N) is 3. The molecule has 2 aromatic rings. The van der Waals surface area contributed by atoms with Crippen LogP contribution in [0.1, 0.15) is 68.7 Å². The number of benzene rings is 1. The van der Waals surface area contributed by atoms with Crippen molar-refractivity contribution >= 4 is 11.6 Å². The smallest absolute Gasteiger partial charge is 0.331 e. The Hall–Kier alpha value is -3.56. The van der Waals surface area contributed by atoms with Gasteiger partial charge in [0.15, 0.2) is 0 Å². The van der Waals surface area contributed by atoms with Crippen molar-refractivity contribution in [1.29, 1.82) is 0 Å². The van der Waals surface area contributed by atoms with E-state index in [1.165, 1.54) is 30.7 Å². The molecular weight excluding hydrogens is 428 g/mol. The van der Waals surface area contributed by atoms with Crippen molar-refractivity contribution in [3.63, 3.8) is 0 Å². The number of hydrazone groups is 1. The Labute approximate surface area is 190 Å². The van der Waals surface area contributed by atoms with E-state index >= 15 is 0 Å². The van der Waals surface area contributed by atoms with Crippen LogP contribution >= 0.6 is 0 Å². The van der Waals surface area contributed by atoms with Gasteiger partial charge in [0.05, 0.1) is 26.0 Å². The van der Waals surface area contributed by atoms with Crippen molar-refractivity contribution in [2.24, 2.45) is 5.10 Å². The molecule has 2 N–H and O–H groups in total. The number of amides is 1. The molecule has 1 aromatic carbocycles. The minimum absolute atomic E-state index is 0.0872. The van der Waals surface area contributed by atoms with E-state index < -0.39 is 23.2 Å². The van der Waals surface area contributed by atoms with Crippen LogP contribution in [-0.4, -0.2) is 45.5 Å². The number of H-pyrrole nitrogens is 1. The number of methoxy groups -OCH3 is 2. The standard InChI is InChI=1S/C23H28N4O6/c1-13(28)27-18(16-11-15(32-2)9-10-19(16)33-3)12-17(25-27)20-21(29)24-23(31)26(22(20)30)14-7-5-4-6-8-14/h9-11,14,18,30H,4-8,12H2,1-3H3,(H,24,29,31)/t18-/m1/s1. The van der Waals surface area contributed by atoms with Gasteiger partial charge in [-0.2, -0.15) is 5.10 Å². The second-order valence-corrected chi connectivity index (χ2v) is 8.36. The lowest BCUT2D eigenvalue weighted by Crippen LogP contribution is -2.36. The maximum Gasteiger partial charge on any atom is 0.331 e. The van der Waals surface area contributed by atoms with Crippen LogP contribution in [0.15, 0.2) is 32.9 Å². The van der Waals surface area contributed by atoms with Crippen LogP contribution in [-0.2, 0) is 4.79 Å². The minimum atomic E-state index is -0.731. The SMILES string of the molecule is COc1ccc(OC)c([C@H]2CC(c3c(O)n(C4CCCCC4)c(=O)[nH]c3=O)=NN2C(C)=O)c1. The minimum Gasteiger partial charge on any atom is -0.497 e. The summed E-state index contributed by atoms with van der Waals surface area (Å²) in [5.41, 5.74) is -0.576. The maximum atomic E-state index is 12.8. The predicted molar refractivity (Wildman–Crippen MR) is 121 cm³/mol. The number of ether oxygens (including phenoxy) is 2. The van der Waals surface area contributed by atoms with Crippen molar-refractivity contribution in [2.75, 3.05) is 14.2 Å². The zero-order valence-corrected chi connectivity index (χ0v) is 19.0. The molecule has 0 unspecified atom stereocenters. The van der Waals surface area contributed by atoms with Gasteiger partial charge in [-0.05, 0) is 31.0 Å². The second-order valence-electron chi connectivity index (χ2n) is 8.36. The summed E-state index contributed by atoms with van der Waals surface area (Å²) in [6.45, 7) is 1.37. The molecule has 1 aliphatic heterocycles. The van der Waals surface area contributed by atoms with E-state index in [4.69, 9.17) is 9.47 Å². The van der Waals surface area contributed by atoms with Crippen molar-refractivity contribution in [1.82, 2.24) is 14.6 Å². The molecule has 4 rings (SSSR count). The molecule has 2 heterocycles. The van der Waals surface area contributed by atoms with Gasteiger partial charge in [-0.3, -0.25) is 19.1 Å². The highest BCUT2D eigenvalue weighted by Crippen LogP contribution is 2.40. The van der Waals surface area contributed by atoms with E-state index in [1.54, 1.807) is 18.2 Å². The Morgan fingerprint density at radius 1 is 1.15 bits per heavy atom. The van der Waals surface area contributed by atoms with Gasteiger partial charge in [0.25, 0.3) is 5.56 Å². The Balaban J connectivity index is 1.80. The van der Waals surface area contributed by atoms with Crippen molar-refractivity contribution in [3.8, 4) is 17.4 Å². The highest BCUT2D eigenvalue weighted by atomic mass is 16.5. The number of hydrogen-bond acceptors (Lipinski definition) is 7. The lowest BCUT2D eigenvalue weighted by atomic mass is 9.94. The number of carbonyl (C=O) groups excluding carboxylic acids is 1. The number of carbonyl (C=O) groups is 1. The van der Waals surface area contributed by atoms with Crippen molar-refractivity contribution in [3.05, 3.63) is 50.2 Å². The summed E-state index contributed by atoms with van der Waals surface area (Å²) >= 11 is 0. The van der Waals surface area contributed by atoms with Gasteiger partial charge in [-0.1, -0.05) is 19.3 Å². The van der Waals surface area contributed by atoms with Crippen LogP contribution in [0.4, 0.5) is 0 Å². The molecule has 10 nitrogen and oxygen atoms in total. The molecule has 0 saturated heterocycles. The van der Waals surface area contributed by atoms with Gasteiger partial charge in [0.2, 0.25) is 11.8 Å². The summed E-state index contributed by atoms with van der Waals surface area (Å²) in [7, 11) is 3.06. The van der Waals surface area contributed by atoms with Crippen LogP contribution in [0.25, 0.3) is 0 Å². The largest absolute Gasteiger partial charge is 0.497 e. The van der Waals surface area contributed by atoms with Crippen molar-refractivity contribution < 1.29 is 19.4 Å². The van der Waals surface area contributed by atoms with Gasteiger partial charge in [0, 0.05) is 24.9 Å². The zero-order chi connectivity index (χ0) is 23.7. The molecule has 0 radical (unpaired) electrons. The summed E-state index contributed by atoms with van der Waals surface area (Å²) < 4.78 is 12.1. The van der Waals surface area contributed by atoms with E-state index in [9.17, 15) is 19.5 Å². The van der Waals surface area contributed by atoms with Gasteiger partial charge >= 0.3 is 5.69 Å². The molecule has 0 bridgehead atoms. The average molecular weight is 456 g/mol. The molecule has 2 aliphatic rings. The third-order valence-electron chi connectivity index (χ3n) is 6.38. The second kappa shape index (κ2) is 9.13. The van der Waals surface area contributed by atoms with E-state index in [-0.39, 0.29) is 29.6 Å². The Kier molecular flexibility index (Phi) is 6.26. The summed E-state index contributed by atoms with van der Waals surface area (Å²) in [5, 5.41) is 16.7. The summed E-state index contributed by atoms with van der Waals surface area (Å²) in [6, 6.07) is 4.47. The van der Waals surface area contributed by atoms with Crippen LogP contribution in [0.2, 0.25) is 0 Å². The number of aromatic nitrogens is 2. The summed E-state index contributed by atoms with van der Waals surface area (Å²) in [6.07, 6.45) is 4.61. The van der Waals surface area contributed by atoms with Gasteiger partial charge in [0.1, 0.15) is 17.1 Å². The van der Waals surface area contributed by atoms with Gasteiger partial charge < -0.3 is 14.6 Å². The van der Waals surface area contributed by atoms with Crippen LogP contribution in [0.3, 0.4) is 0 Å². The lowest BCUT2D eigenvalue weighted by Gasteiger charge is -2.25. The quantitative estimate of drug-likeness (QED) is 0.712. The lowest BCUT2D eigenvalue weighted by molar-refractivity contribution is -0.130. The monoisotopic (exact) mass is 456 g/mol. The molecule has 1 fully saturated rings. The average Bonchev–Trinajstić information content (AvgIpc) is 3.24. The Bertz CT molecular complexity index is 1210. The molecule has 1 aromatic heterocycles. The molecular formula is C23H28N4O6. The fraction of sp³-hybridized carbons (Fsp3) is 0.478. The summed E-state index contributed by atoms with van der Waals surface area (Å²) in [4.78, 5) is 40.1. The number of rotatable bonds is 5. The van der Waals surface area contributed by atoms with Crippen LogP contribution in [0, 0.1) is 0 Å². The number of hydrogen-bond donors (Lipinski definition) is 2. The third kappa shape index (κ3) is 4.12. The van der Waals surface area contributed by atoms with E-state index in [0.29, 0.717) is 17.1 Å². The Morgan fingerprint density at radius 3 is 2.52 bits per heavy atom. The zero-order valence-electron chi connectivity index (χ0n) is 19.0. The van der Waals surface area contributed by atoms with Crippen LogP contribution < -0.4 is 20.7 Å². The fourth-order valence-electron chi connectivity index (χ4n) is 4.77. The molecule has 10 heteroatoms. The highest BCUT2D eigenvalue weighted by Gasteiger charge is 2.36. The Morgan fingerprint density at radius 2 is 1.88 bits per heavy atom. The first-order valence-corrected chi connectivity index (χ1v) is 11.0. The molecule has 1 saturated carbocycles. The number of aromatic hydroxyl groups is 1. The fourth-order valence-corrected chi connectivity index (χ4v) is 4.77. The topological polar surface area (TPSA) is 126 Å². The first-order valence-electron chi connectivity index (χ1n) is 11.0. The van der Waals surface area contributed by atoms with Gasteiger partial charge in [-0.15, -0.1) is 0 Å². The summed E-state index contributed by atoms with van der Waals surface area (Å²) in [5.74, 6) is 0.371. The van der Waals surface area contributed by atoms with E-state index in [1.807, 2.05) is 0 Å². The van der Waals surface area contributed by atoms with E-state index in [0.717, 1.165) is 32.1 Å². The normalized spacial score (nSPS) is 18.8. The van der Waals surface area contributed by atoms with Crippen LogP contribution in [0.5, 0.6) is 17.4 Å². The molecule has 1 aliphatic carbocycles. The third-order valence-corrected chi connectivity index (χ3v) is 6.38. The van der Waals surface area contributed by atoms with Crippen molar-refractivity contribution in [2.45, 2.75) is 57.5 Å². The molecule has 0 spiro atoms. The first-order chi connectivity index (χ1) is 15.8. The molecule has 1 atom stereocenters. The molecule has 176 valence electrons. The number of aromatic amines is 1. The first kappa shape index (κ1) is 22.6. The predicted octanol–water partition coefficient (Wildman–Crippen LogP) is 2.46. The maximum absolute atomic E-state index is 12.8. The van der Waals surface area contributed by atoms with E-state index in [2.05, 4.69) is 10.1 Å². The molecule has 1 amide bonds. The molecule has 33 heavy (non-hydrogen) atoms. The highest BCUT2D eigenvalue weighted by molar-refractivity contribution is 6.04.